The minimum Gasteiger partial charge on any atom is -0.307 e. The molecule has 1 saturated heterocycles. The van der Waals surface area contributed by atoms with E-state index in [9.17, 15) is 0 Å². The first kappa shape index (κ1) is 10.7. The molecule has 1 aliphatic rings. The van der Waals surface area contributed by atoms with Crippen LogP contribution in [0, 0.1) is 0 Å². The third-order valence-corrected chi connectivity index (χ3v) is 12.9. The summed E-state index contributed by atoms with van der Waals surface area (Å²) in [5, 5.41) is 0. The lowest BCUT2D eigenvalue weighted by Crippen LogP contribution is -2.50. The van der Waals surface area contributed by atoms with Crippen molar-refractivity contribution in [1.29, 1.82) is 0 Å². The second-order valence-corrected chi connectivity index (χ2v) is 11.3. The van der Waals surface area contributed by atoms with Crippen LogP contribution in [0.2, 0.25) is 25.2 Å². The Hall–Kier alpha value is 0.611. The summed E-state index contributed by atoms with van der Waals surface area (Å²) < 4.78 is 0. The van der Waals surface area contributed by atoms with Crippen LogP contribution in [0.1, 0.15) is 6.42 Å². The van der Waals surface area contributed by atoms with Crippen molar-refractivity contribution in [3.05, 3.63) is 0 Å². The minimum absolute atomic E-state index is 0.205. The van der Waals surface area contributed by atoms with Crippen LogP contribution < -0.4 is 0 Å². The van der Waals surface area contributed by atoms with E-state index in [-0.39, 0.29) is 28.6 Å². The molecule has 1 fully saturated rings. The molecule has 0 radical (unpaired) electrons. The van der Waals surface area contributed by atoms with E-state index in [1.165, 1.54) is 6.54 Å². The Morgan fingerprint density at radius 2 is 1.83 bits per heavy atom. The van der Waals surface area contributed by atoms with Crippen LogP contribution in [0.25, 0.3) is 0 Å². The Morgan fingerprint density at radius 1 is 1.25 bits per heavy atom. The van der Waals surface area contributed by atoms with Crippen molar-refractivity contribution in [2.45, 2.75) is 36.4 Å². The highest BCUT2D eigenvalue weighted by atomic mass is 28.3. The van der Waals surface area contributed by atoms with Crippen LogP contribution >= 0.6 is 0 Å². The van der Waals surface area contributed by atoms with Gasteiger partial charge in [0.15, 0.2) is 0 Å². The maximum atomic E-state index is 2.74. The highest BCUT2D eigenvalue weighted by molar-refractivity contribution is 6.61. The molecule has 0 spiro atoms. The summed E-state index contributed by atoms with van der Waals surface area (Å²) in [5.41, 5.74) is 1.16. The van der Waals surface area contributed by atoms with E-state index in [1.807, 2.05) is 0 Å². The molecule has 1 unspecified atom stereocenters. The van der Waals surface area contributed by atoms with Gasteiger partial charge in [-0.2, -0.15) is 0 Å². The van der Waals surface area contributed by atoms with E-state index in [4.69, 9.17) is 0 Å². The smallest absolute Gasteiger partial charge is 0.0371 e. The lowest BCUT2D eigenvalue weighted by Gasteiger charge is -2.34. The summed E-state index contributed by atoms with van der Waals surface area (Å²) in [7, 11) is 3.07. The highest BCUT2D eigenvalue weighted by Crippen LogP contribution is 2.33. The van der Waals surface area contributed by atoms with Gasteiger partial charge in [0, 0.05) is 28.6 Å². The summed E-state index contributed by atoms with van der Waals surface area (Å²) in [5.74, 6) is 0. The molecule has 0 saturated carbocycles. The first-order valence-corrected chi connectivity index (χ1v) is 11.9. The number of hydrogen-bond donors (Lipinski definition) is 0. The van der Waals surface area contributed by atoms with Crippen molar-refractivity contribution < 1.29 is 0 Å². The Labute approximate surface area is 83.8 Å². The largest absolute Gasteiger partial charge is 0.307 e. The Morgan fingerprint density at radius 3 is 2.08 bits per heavy atom. The third kappa shape index (κ3) is 1.76. The summed E-state index contributed by atoms with van der Waals surface area (Å²) in [6.45, 7) is 8.98. The molecule has 0 N–H and O–H groups in total. The van der Waals surface area contributed by atoms with Gasteiger partial charge in [0.25, 0.3) is 0 Å². The molecule has 1 rings (SSSR count). The average Bonchev–Trinajstić information content (AvgIpc) is 2.43. The van der Waals surface area contributed by atoms with Gasteiger partial charge >= 0.3 is 0 Å². The van der Waals surface area contributed by atoms with E-state index >= 15 is 0 Å². The van der Waals surface area contributed by atoms with Crippen LogP contribution in [-0.4, -0.2) is 51.8 Å². The standard InChI is InChI=1S/C8H23NSi3/c1-9-6-7(10-2)5-8(9,11-3)12-4/h7H,5-6,10-12H2,1-4H3. The van der Waals surface area contributed by atoms with E-state index in [1.54, 1.807) is 6.42 Å². The Bertz CT molecular complexity index is 147. The zero-order chi connectivity index (χ0) is 9.19. The lowest BCUT2D eigenvalue weighted by molar-refractivity contribution is 0.343. The maximum absolute atomic E-state index is 2.74. The Kier molecular flexibility index (Phi) is 3.75. The summed E-state index contributed by atoms with van der Waals surface area (Å²) in [6, 6.07) is 0. The maximum Gasteiger partial charge on any atom is 0.0371 e. The second kappa shape index (κ2) is 4.21. The first-order chi connectivity index (χ1) is 5.68. The molecule has 0 bridgehead atoms. The van der Waals surface area contributed by atoms with E-state index in [0.29, 0.717) is 0 Å². The molecule has 0 aromatic rings. The molecular formula is C8H23NSi3. The summed E-state index contributed by atoms with van der Waals surface area (Å²) in [4.78, 5) is 3.60. The zero-order valence-corrected chi connectivity index (χ0v) is 13.3. The number of likely N-dealkylation sites (tertiary alicyclic amines) is 1. The van der Waals surface area contributed by atoms with E-state index < -0.39 is 0 Å². The fourth-order valence-corrected chi connectivity index (χ4v) is 9.71. The van der Waals surface area contributed by atoms with Gasteiger partial charge in [-0.05, 0) is 30.3 Å². The SMILES string of the molecule is C[SiH2]C1CN(C)C([SiH2]C)([SiH2]C)C1. The van der Waals surface area contributed by atoms with Crippen molar-refractivity contribution in [2.24, 2.45) is 0 Å². The van der Waals surface area contributed by atoms with Gasteiger partial charge in [-0.25, -0.2) is 0 Å². The number of hydrogen-bond acceptors (Lipinski definition) is 1. The average molecular weight is 218 g/mol. The summed E-state index contributed by atoms with van der Waals surface area (Å²) >= 11 is 0. The zero-order valence-electron chi connectivity index (χ0n) is 9.06. The van der Waals surface area contributed by atoms with E-state index in [0.717, 1.165) is 10.3 Å². The highest BCUT2D eigenvalue weighted by Gasteiger charge is 2.39. The molecule has 0 aliphatic carbocycles. The normalized spacial score (nSPS) is 40.5. The predicted molar refractivity (Wildman–Crippen MR) is 67.0 cm³/mol. The van der Waals surface area contributed by atoms with Crippen LogP contribution in [-0.2, 0) is 0 Å². The number of nitrogens with zero attached hydrogens (tertiary/aromatic N) is 1. The van der Waals surface area contributed by atoms with Gasteiger partial charge in [-0.3, -0.25) is 0 Å². The monoisotopic (exact) mass is 217 g/mol. The molecule has 12 heavy (non-hydrogen) atoms. The molecule has 0 amide bonds. The molecule has 1 aliphatic heterocycles. The quantitative estimate of drug-likeness (QED) is 0.572. The second-order valence-electron chi connectivity index (χ2n) is 4.29. The van der Waals surface area contributed by atoms with Crippen molar-refractivity contribution in [2.75, 3.05) is 13.6 Å². The fraction of sp³-hybridized carbons (Fsp3) is 1.00. The van der Waals surface area contributed by atoms with Crippen molar-refractivity contribution in [3.63, 3.8) is 0 Å². The van der Waals surface area contributed by atoms with Crippen LogP contribution in [0.5, 0.6) is 0 Å². The van der Waals surface area contributed by atoms with Gasteiger partial charge in [-0.1, -0.05) is 19.6 Å². The molecule has 4 heteroatoms. The van der Waals surface area contributed by atoms with Crippen molar-refractivity contribution in [1.82, 2.24) is 4.90 Å². The molecule has 1 atom stereocenters. The van der Waals surface area contributed by atoms with Gasteiger partial charge in [0.2, 0.25) is 0 Å². The lowest BCUT2D eigenvalue weighted by atomic mass is 10.4. The van der Waals surface area contributed by atoms with Crippen molar-refractivity contribution >= 4 is 28.6 Å². The molecule has 1 nitrogen and oxygen atoms in total. The van der Waals surface area contributed by atoms with Crippen molar-refractivity contribution in [3.8, 4) is 0 Å². The topological polar surface area (TPSA) is 3.24 Å². The third-order valence-electron chi connectivity index (χ3n) is 3.90. The Balaban J connectivity index is 2.65. The minimum atomic E-state index is 0.205. The fourth-order valence-electron chi connectivity index (χ4n) is 2.69. The molecule has 1 heterocycles. The summed E-state index contributed by atoms with van der Waals surface area (Å²) in [6.07, 6.45) is 1.61. The molecule has 72 valence electrons. The molecular weight excluding hydrogens is 194 g/mol. The van der Waals surface area contributed by atoms with Gasteiger partial charge < -0.3 is 4.90 Å². The van der Waals surface area contributed by atoms with Crippen LogP contribution in [0.3, 0.4) is 0 Å². The van der Waals surface area contributed by atoms with E-state index in [2.05, 4.69) is 31.6 Å². The van der Waals surface area contributed by atoms with Crippen LogP contribution in [0.15, 0.2) is 0 Å². The molecule has 0 aromatic heterocycles. The first-order valence-electron chi connectivity index (χ1n) is 5.39. The van der Waals surface area contributed by atoms with Crippen LogP contribution in [0.4, 0.5) is 0 Å². The van der Waals surface area contributed by atoms with Gasteiger partial charge in [-0.15, -0.1) is 0 Å². The predicted octanol–water partition coefficient (Wildman–Crippen LogP) is -0.585. The molecule has 0 aromatic carbocycles. The van der Waals surface area contributed by atoms with Gasteiger partial charge in [0.1, 0.15) is 0 Å². The number of rotatable bonds is 3. The van der Waals surface area contributed by atoms with Gasteiger partial charge in [0.05, 0.1) is 0 Å².